The van der Waals surface area contributed by atoms with E-state index in [2.05, 4.69) is 10.8 Å². The highest BCUT2D eigenvalue weighted by molar-refractivity contribution is 7.90. The van der Waals surface area contributed by atoms with Crippen molar-refractivity contribution in [3.05, 3.63) is 93.6 Å². The molecule has 1 N–H and O–H groups in total. The van der Waals surface area contributed by atoms with Gasteiger partial charge in [0.15, 0.2) is 0 Å². The molecule has 8 heteroatoms. The molecule has 2 heterocycles. The number of halogens is 1. The molecule has 0 fully saturated rings. The van der Waals surface area contributed by atoms with Crippen molar-refractivity contribution in [1.29, 1.82) is 0 Å². The van der Waals surface area contributed by atoms with Crippen LogP contribution in [-0.2, 0) is 29.4 Å². The second kappa shape index (κ2) is 10.2. The van der Waals surface area contributed by atoms with Crippen molar-refractivity contribution in [1.82, 2.24) is 9.29 Å². The van der Waals surface area contributed by atoms with Crippen molar-refractivity contribution in [3.8, 4) is 5.75 Å². The molecule has 192 valence electrons. The van der Waals surface area contributed by atoms with Gasteiger partial charge in [-0.2, -0.15) is 0 Å². The normalized spacial score (nSPS) is 13.1. The summed E-state index contributed by atoms with van der Waals surface area (Å²) < 4.78 is 36.2. The Kier molecular flexibility index (Phi) is 7.01. The lowest BCUT2D eigenvalue weighted by Gasteiger charge is -2.18. The molecule has 0 saturated carbocycles. The first-order valence-electron chi connectivity index (χ1n) is 12.4. The number of hydrogen-bond acceptors (Lipinski definition) is 4. The van der Waals surface area contributed by atoms with E-state index in [1.54, 1.807) is 18.2 Å². The topological polar surface area (TPSA) is 77.4 Å². The number of nitrogens with zero attached hydrogens (tertiary/aromatic N) is 1. The molecule has 6 nitrogen and oxygen atoms in total. The number of sulfonamides is 1. The molecule has 5 rings (SSSR count). The van der Waals surface area contributed by atoms with Gasteiger partial charge in [-0.15, -0.1) is 0 Å². The van der Waals surface area contributed by atoms with Gasteiger partial charge in [0.05, 0.1) is 17.0 Å². The monoisotopic (exact) mass is 536 g/mol. The number of hydrogen-bond donors (Lipinski definition) is 1. The van der Waals surface area contributed by atoms with Crippen LogP contribution in [0.4, 0.5) is 0 Å². The Morgan fingerprint density at radius 1 is 1.05 bits per heavy atom. The quantitative estimate of drug-likeness (QED) is 0.281. The molecule has 0 spiro atoms. The number of ether oxygens (including phenoxy) is 1. The third-order valence-corrected chi connectivity index (χ3v) is 8.79. The van der Waals surface area contributed by atoms with E-state index in [0.29, 0.717) is 31.7 Å². The van der Waals surface area contributed by atoms with Gasteiger partial charge in [-0.3, -0.25) is 4.79 Å². The Morgan fingerprint density at radius 3 is 2.51 bits per heavy atom. The SMILES string of the molecule is Cc1cc(OCCCc2c(C(=O)NS(=O)(=O)c3ccccc3)n3c4c(cccc24)CCC3)cc(C)c1Cl. The summed E-state index contributed by atoms with van der Waals surface area (Å²) in [7, 11) is -4.00. The fourth-order valence-corrected chi connectivity index (χ4v) is 6.26. The maximum atomic E-state index is 13.5. The van der Waals surface area contributed by atoms with Crippen molar-refractivity contribution in [2.75, 3.05) is 6.61 Å². The van der Waals surface area contributed by atoms with Crippen LogP contribution in [0.1, 0.15) is 45.6 Å². The maximum Gasteiger partial charge on any atom is 0.281 e. The van der Waals surface area contributed by atoms with Crippen LogP contribution in [0.2, 0.25) is 5.02 Å². The molecule has 37 heavy (non-hydrogen) atoms. The lowest BCUT2D eigenvalue weighted by Crippen LogP contribution is -2.33. The van der Waals surface area contributed by atoms with Crippen molar-refractivity contribution >= 4 is 38.4 Å². The van der Waals surface area contributed by atoms with Gasteiger partial charge in [0.2, 0.25) is 0 Å². The van der Waals surface area contributed by atoms with Crippen molar-refractivity contribution in [2.45, 2.75) is 51.0 Å². The van der Waals surface area contributed by atoms with Gasteiger partial charge in [0.25, 0.3) is 15.9 Å². The van der Waals surface area contributed by atoms with Gasteiger partial charge in [-0.05, 0) is 86.1 Å². The highest BCUT2D eigenvalue weighted by Gasteiger charge is 2.28. The maximum absolute atomic E-state index is 13.5. The highest BCUT2D eigenvalue weighted by atomic mass is 35.5. The molecule has 1 amide bonds. The molecular formula is C29H29ClN2O4S. The molecule has 0 bridgehead atoms. The summed E-state index contributed by atoms with van der Waals surface area (Å²) >= 11 is 6.27. The largest absolute Gasteiger partial charge is 0.494 e. The number of para-hydroxylation sites is 1. The number of carbonyl (C=O) groups excluding carboxylic acids is 1. The average molecular weight is 537 g/mol. The van der Waals surface area contributed by atoms with Crippen LogP contribution in [-0.4, -0.2) is 25.5 Å². The lowest BCUT2D eigenvalue weighted by molar-refractivity contribution is 0.0971. The average Bonchev–Trinajstić information content (AvgIpc) is 3.20. The third-order valence-electron chi connectivity index (χ3n) is 6.84. The van der Waals surface area contributed by atoms with Gasteiger partial charge in [0.1, 0.15) is 11.4 Å². The smallest absolute Gasteiger partial charge is 0.281 e. The Hall–Kier alpha value is -3.29. The van der Waals surface area contributed by atoms with Gasteiger partial charge < -0.3 is 9.30 Å². The summed E-state index contributed by atoms with van der Waals surface area (Å²) in [6.45, 7) is 5.02. The number of amides is 1. The van der Waals surface area contributed by atoms with Crippen LogP contribution in [0.5, 0.6) is 5.75 Å². The van der Waals surface area contributed by atoms with E-state index in [4.69, 9.17) is 16.3 Å². The second-order valence-corrected chi connectivity index (χ2v) is 11.5. The molecular weight excluding hydrogens is 508 g/mol. The predicted octanol–water partition coefficient (Wildman–Crippen LogP) is 5.99. The summed E-state index contributed by atoms with van der Waals surface area (Å²) in [5.41, 5.74) is 5.40. The molecule has 1 aliphatic heterocycles. The fourth-order valence-electron chi connectivity index (χ4n) is 5.18. The number of benzene rings is 3. The van der Waals surface area contributed by atoms with Gasteiger partial charge in [-0.25, -0.2) is 13.1 Å². The Labute approximate surface area is 222 Å². The Bertz CT molecular complexity index is 1570. The summed E-state index contributed by atoms with van der Waals surface area (Å²) in [4.78, 5) is 13.6. The lowest BCUT2D eigenvalue weighted by atomic mass is 10.0. The van der Waals surface area contributed by atoms with Gasteiger partial charge in [-0.1, -0.05) is 48.0 Å². The minimum Gasteiger partial charge on any atom is -0.494 e. The number of nitrogens with one attached hydrogen (secondary N) is 1. The zero-order valence-corrected chi connectivity index (χ0v) is 22.5. The molecule has 0 unspecified atom stereocenters. The number of carbonyl (C=O) groups is 1. The van der Waals surface area contributed by atoms with E-state index in [-0.39, 0.29) is 4.90 Å². The summed E-state index contributed by atoms with van der Waals surface area (Å²) in [5, 5.41) is 1.74. The first-order chi connectivity index (χ1) is 17.8. The first kappa shape index (κ1) is 25.4. The molecule has 1 aromatic heterocycles. The van der Waals surface area contributed by atoms with Crippen molar-refractivity contribution in [2.24, 2.45) is 0 Å². The molecule has 3 aromatic carbocycles. The van der Waals surface area contributed by atoms with Crippen LogP contribution in [0, 0.1) is 13.8 Å². The molecule has 0 atom stereocenters. The van der Waals surface area contributed by atoms with Crippen LogP contribution in [0.3, 0.4) is 0 Å². The van der Waals surface area contributed by atoms with Crippen LogP contribution >= 0.6 is 11.6 Å². The summed E-state index contributed by atoms with van der Waals surface area (Å²) in [6, 6.07) is 17.9. The highest BCUT2D eigenvalue weighted by Crippen LogP contribution is 2.34. The molecule has 1 aliphatic rings. The molecule has 4 aromatic rings. The van der Waals surface area contributed by atoms with Gasteiger partial charge >= 0.3 is 0 Å². The van der Waals surface area contributed by atoms with Crippen LogP contribution in [0.15, 0.2) is 65.6 Å². The second-order valence-electron chi connectivity index (χ2n) is 9.47. The predicted molar refractivity (Wildman–Crippen MR) is 146 cm³/mol. The number of aryl methyl sites for hydroxylation is 5. The minimum atomic E-state index is -4.00. The Balaban J connectivity index is 1.43. The third kappa shape index (κ3) is 4.98. The van der Waals surface area contributed by atoms with Crippen molar-refractivity contribution < 1.29 is 17.9 Å². The minimum absolute atomic E-state index is 0.0577. The van der Waals surface area contributed by atoms with Crippen LogP contribution in [0.25, 0.3) is 10.9 Å². The number of rotatable bonds is 8. The summed E-state index contributed by atoms with van der Waals surface area (Å²) in [6.07, 6.45) is 3.06. The van der Waals surface area contributed by atoms with E-state index in [9.17, 15) is 13.2 Å². The number of aromatic nitrogens is 1. The fraction of sp³-hybridized carbons (Fsp3) is 0.276. The van der Waals surface area contributed by atoms with E-state index in [1.165, 1.54) is 17.7 Å². The standard InChI is InChI=1S/C29H29ClN2O4S/c1-19-17-22(18-20(2)26(19)30)36-16-8-14-25-24-13-6-9-21-10-7-15-32(27(21)24)28(25)29(33)31-37(34,35)23-11-4-3-5-12-23/h3-6,9,11-13,17-18H,7-8,10,14-16H2,1-2H3,(H,31,33). The zero-order chi connectivity index (χ0) is 26.2. The molecule has 0 radical (unpaired) electrons. The summed E-state index contributed by atoms with van der Waals surface area (Å²) in [5.74, 6) is 0.154. The van der Waals surface area contributed by atoms with E-state index >= 15 is 0 Å². The zero-order valence-electron chi connectivity index (χ0n) is 20.9. The Morgan fingerprint density at radius 2 is 1.78 bits per heavy atom. The van der Waals surface area contributed by atoms with E-state index in [0.717, 1.165) is 51.2 Å². The van der Waals surface area contributed by atoms with E-state index in [1.807, 2.05) is 42.7 Å². The van der Waals surface area contributed by atoms with Gasteiger partial charge in [0, 0.05) is 17.0 Å². The first-order valence-corrected chi connectivity index (χ1v) is 14.3. The molecule has 0 saturated heterocycles. The van der Waals surface area contributed by atoms with Crippen LogP contribution < -0.4 is 9.46 Å². The van der Waals surface area contributed by atoms with E-state index < -0.39 is 15.9 Å². The van der Waals surface area contributed by atoms with Crippen molar-refractivity contribution in [3.63, 3.8) is 0 Å². The molecule has 0 aliphatic carbocycles.